The molecule has 0 aliphatic carbocycles. The quantitative estimate of drug-likeness (QED) is 0.508. The first-order valence-corrected chi connectivity index (χ1v) is 5.70. The highest BCUT2D eigenvalue weighted by atomic mass is 35.5. The van der Waals surface area contributed by atoms with E-state index < -0.39 is 0 Å². The first-order valence-electron chi connectivity index (χ1n) is 5.26. The van der Waals surface area contributed by atoms with Crippen LogP contribution in [0.4, 0.5) is 0 Å². The third-order valence-corrected chi connectivity index (χ3v) is 2.08. The normalized spacial score (nSPS) is 10.1. The lowest BCUT2D eigenvalue weighted by atomic mass is 10.1. The summed E-state index contributed by atoms with van der Waals surface area (Å²) in [6, 6.07) is 0. The summed E-state index contributed by atoms with van der Waals surface area (Å²) >= 11 is 5.31. The molecule has 0 atom stereocenters. The molecule has 1 nitrogen and oxygen atoms in total. The number of halogens is 1. The van der Waals surface area contributed by atoms with Crippen LogP contribution in [0.25, 0.3) is 0 Å². The topological polar surface area (TPSA) is 20.2 Å². The molecule has 0 aliphatic rings. The summed E-state index contributed by atoms with van der Waals surface area (Å²) in [4.78, 5) is 0. The van der Waals surface area contributed by atoms with Crippen molar-refractivity contribution in [2.75, 3.05) is 6.61 Å². The Kier molecular flexibility index (Phi) is 12.1. The van der Waals surface area contributed by atoms with Crippen LogP contribution in [0.3, 0.4) is 0 Å². The molecule has 0 bridgehead atoms. The first-order chi connectivity index (χ1) is 6.91. The van der Waals surface area contributed by atoms with E-state index in [4.69, 9.17) is 16.7 Å². The van der Waals surface area contributed by atoms with Gasteiger partial charge in [0.1, 0.15) is 0 Å². The number of aliphatic hydroxyl groups excluding tert-OH is 1. The van der Waals surface area contributed by atoms with Crippen molar-refractivity contribution >= 4 is 11.6 Å². The molecule has 0 saturated carbocycles. The van der Waals surface area contributed by atoms with Crippen LogP contribution in [0, 0.1) is 11.8 Å². The number of hydrogen-bond acceptors (Lipinski definition) is 1. The van der Waals surface area contributed by atoms with Crippen LogP contribution in [-0.4, -0.2) is 11.7 Å². The van der Waals surface area contributed by atoms with Gasteiger partial charge in [-0.05, 0) is 18.9 Å². The number of allylic oxidation sites excluding steroid dienone is 1. The van der Waals surface area contributed by atoms with E-state index in [0.29, 0.717) is 6.61 Å². The van der Waals surface area contributed by atoms with Crippen LogP contribution in [0.5, 0.6) is 0 Å². The van der Waals surface area contributed by atoms with Gasteiger partial charge in [-0.2, -0.15) is 0 Å². The second kappa shape index (κ2) is 12.6. The lowest BCUT2D eigenvalue weighted by Crippen LogP contribution is -1.83. The number of hydrogen-bond donors (Lipinski definition) is 1. The van der Waals surface area contributed by atoms with Crippen LogP contribution >= 0.6 is 11.6 Å². The second-order valence-electron chi connectivity index (χ2n) is 3.21. The highest BCUT2D eigenvalue weighted by molar-refractivity contribution is 6.25. The fraction of sp³-hybridized carbons (Fsp3) is 0.667. The van der Waals surface area contributed by atoms with Crippen molar-refractivity contribution < 1.29 is 5.11 Å². The molecule has 80 valence electrons. The fourth-order valence-electron chi connectivity index (χ4n) is 1.19. The van der Waals surface area contributed by atoms with Gasteiger partial charge in [0.25, 0.3) is 0 Å². The SMILES string of the molecule is OCCCCCCCCC#C/C=C/Cl. The molecule has 1 N–H and O–H groups in total. The molecule has 0 radical (unpaired) electrons. The molecule has 0 rings (SSSR count). The summed E-state index contributed by atoms with van der Waals surface area (Å²) < 4.78 is 0. The van der Waals surface area contributed by atoms with Crippen LogP contribution in [0.1, 0.15) is 44.9 Å². The van der Waals surface area contributed by atoms with E-state index in [-0.39, 0.29) is 0 Å². The van der Waals surface area contributed by atoms with Crippen molar-refractivity contribution in [2.45, 2.75) is 44.9 Å². The Labute approximate surface area is 92.2 Å². The summed E-state index contributed by atoms with van der Waals surface area (Å²) in [7, 11) is 0. The smallest absolute Gasteiger partial charge is 0.0431 e. The van der Waals surface area contributed by atoms with E-state index in [1.54, 1.807) is 6.08 Å². The second-order valence-corrected chi connectivity index (χ2v) is 3.46. The average molecular weight is 215 g/mol. The van der Waals surface area contributed by atoms with Crippen molar-refractivity contribution in [3.8, 4) is 11.8 Å². The van der Waals surface area contributed by atoms with Crippen molar-refractivity contribution in [3.05, 3.63) is 11.6 Å². The minimum absolute atomic E-state index is 0.330. The number of aliphatic hydroxyl groups is 1. The van der Waals surface area contributed by atoms with Crippen molar-refractivity contribution in [3.63, 3.8) is 0 Å². The highest BCUT2D eigenvalue weighted by Gasteiger charge is 1.89. The molecule has 0 aromatic heterocycles. The minimum Gasteiger partial charge on any atom is -0.396 e. The molecular formula is C12H19ClO. The first kappa shape index (κ1) is 13.5. The summed E-state index contributed by atoms with van der Waals surface area (Å²) in [5.74, 6) is 5.88. The van der Waals surface area contributed by atoms with Gasteiger partial charge in [-0.25, -0.2) is 0 Å². The summed E-state index contributed by atoms with van der Waals surface area (Å²) in [6.07, 6.45) is 9.61. The molecule has 0 amide bonds. The Morgan fingerprint density at radius 3 is 2.29 bits per heavy atom. The van der Waals surface area contributed by atoms with E-state index in [1.165, 1.54) is 31.2 Å². The third-order valence-electron chi connectivity index (χ3n) is 1.96. The molecule has 0 saturated heterocycles. The zero-order chi connectivity index (χ0) is 10.5. The average Bonchev–Trinajstić information content (AvgIpc) is 2.21. The summed E-state index contributed by atoms with van der Waals surface area (Å²) in [5, 5.41) is 8.55. The maximum atomic E-state index is 8.55. The molecule has 0 aromatic carbocycles. The number of unbranched alkanes of at least 4 members (excludes halogenated alkanes) is 6. The molecule has 0 fully saturated rings. The van der Waals surface area contributed by atoms with Crippen LogP contribution < -0.4 is 0 Å². The van der Waals surface area contributed by atoms with E-state index >= 15 is 0 Å². The summed E-state index contributed by atoms with van der Waals surface area (Å²) in [6.45, 7) is 0.330. The molecule has 0 aromatic rings. The summed E-state index contributed by atoms with van der Waals surface area (Å²) in [5.41, 5.74) is 1.43. The van der Waals surface area contributed by atoms with Gasteiger partial charge in [-0.3, -0.25) is 0 Å². The van der Waals surface area contributed by atoms with E-state index in [2.05, 4.69) is 11.8 Å². The molecule has 0 aliphatic heterocycles. The minimum atomic E-state index is 0.330. The molecule has 2 heteroatoms. The van der Waals surface area contributed by atoms with Crippen LogP contribution in [0.2, 0.25) is 0 Å². The highest BCUT2D eigenvalue weighted by Crippen LogP contribution is 2.06. The van der Waals surface area contributed by atoms with Gasteiger partial charge < -0.3 is 5.11 Å². The maximum Gasteiger partial charge on any atom is 0.0431 e. The van der Waals surface area contributed by atoms with Crippen molar-refractivity contribution in [1.82, 2.24) is 0 Å². The third kappa shape index (κ3) is 11.6. The lowest BCUT2D eigenvalue weighted by molar-refractivity contribution is 0.282. The largest absolute Gasteiger partial charge is 0.396 e. The molecule has 0 heterocycles. The number of rotatable bonds is 7. The predicted octanol–water partition coefficient (Wildman–Crippen LogP) is 3.47. The van der Waals surface area contributed by atoms with Crippen LogP contribution in [0.15, 0.2) is 11.6 Å². The Balaban J connectivity index is 3.03. The van der Waals surface area contributed by atoms with E-state index in [9.17, 15) is 0 Å². The van der Waals surface area contributed by atoms with Crippen molar-refractivity contribution in [2.24, 2.45) is 0 Å². The molecular weight excluding hydrogens is 196 g/mol. The Morgan fingerprint density at radius 2 is 1.64 bits per heavy atom. The Morgan fingerprint density at radius 1 is 1.00 bits per heavy atom. The van der Waals surface area contributed by atoms with E-state index in [1.807, 2.05) is 0 Å². The Hall–Kier alpha value is -0.450. The molecule has 14 heavy (non-hydrogen) atoms. The fourth-order valence-corrected chi connectivity index (χ4v) is 1.26. The molecule has 0 unspecified atom stereocenters. The van der Waals surface area contributed by atoms with Gasteiger partial charge in [0, 0.05) is 18.6 Å². The van der Waals surface area contributed by atoms with Crippen molar-refractivity contribution in [1.29, 1.82) is 0 Å². The maximum absolute atomic E-state index is 8.55. The monoisotopic (exact) mass is 214 g/mol. The van der Waals surface area contributed by atoms with Gasteiger partial charge in [-0.1, -0.05) is 49.1 Å². The zero-order valence-electron chi connectivity index (χ0n) is 8.64. The molecule has 0 spiro atoms. The Bertz CT molecular complexity index is 188. The van der Waals surface area contributed by atoms with E-state index in [0.717, 1.165) is 19.3 Å². The predicted molar refractivity (Wildman–Crippen MR) is 62.2 cm³/mol. The van der Waals surface area contributed by atoms with Crippen LogP contribution in [-0.2, 0) is 0 Å². The lowest BCUT2D eigenvalue weighted by Gasteiger charge is -1.97. The van der Waals surface area contributed by atoms with Gasteiger partial charge >= 0.3 is 0 Å². The van der Waals surface area contributed by atoms with Gasteiger partial charge in [-0.15, -0.1) is 0 Å². The standard InChI is InChI=1S/C12H19ClO/c13-11-9-7-5-3-1-2-4-6-8-10-12-14/h9,11,14H,1-4,6,8,10,12H2/b11-9+. The van der Waals surface area contributed by atoms with Gasteiger partial charge in [0.15, 0.2) is 0 Å². The van der Waals surface area contributed by atoms with Gasteiger partial charge in [0.05, 0.1) is 0 Å². The van der Waals surface area contributed by atoms with Gasteiger partial charge in [0.2, 0.25) is 0 Å². The zero-order valence-corrected chi connectivity index (χ0v) is 9.39.